The molecule has 1 aromatic rings. The number of rotatable bonds is 3. The fourth-order valence-electron chi connectivity index (χ4n) is 2.38. The zero-order valence-corrected chi connectivity index (χ0v) is 13.4. The second-order valence-corrected chi connectivity index (χ2v) is 6.82. The van der Waals surface area contributed by atoms with Crippen LogP contribution in [0.2, 0.25) is 10.0 Å². The largest absolute Gasteiger partial charge is 0.292 e. The fraction of sp³-hybridized carbons (Fsp3) is 0.500. The monoisotopic (exact) mass is 317 g/mol. The molecule has 1 fully saturated rings. The number of thioether (sulfide) groups is 1. The number of nitrogens with zero attached hydrogens (tertiary/aromatic N) is 1. The molecular weight excluding hydrogens is 301 g/mol. The number of benzene rings is 1. The van der Waals surface area contributed by atoms with Gasteiger partial charge in [0, 0.05) is 34.7 Å². The number of hydrogen-bond donors (Lipinski definition) is 0. The molecule has 2 nitrogen and oxygen atoms in total. The van der Waals surface area contributed by atoms with Gasteiger partial charge in [0.05, 0.1) is 11.1 Å². The quantitative estimate of drug-likeness (QED) is 0.786. The van der Waals surface area contributed by atoms with Gasteiger partial charge in [-0.15, -0.1) is 0 Å². The molecular formula is C14H17Cl2NOS. The first kappa shape index (κ1) is 15.2. The second-order valence-electron chi connectivity index (χ2n) is 4.83. The van der Waals surface area contributed by atoms with Crippen LogP contribution in [0.15, 0.2) is 18.2 Å². The van der Waals surface area contributed by atoms with Crippen LogP contribution >= 0.6 is 35.0 Å². The van der Waals surface area contributed by atoms with Crippen LogP contribution in [-0.4, -0.2) is 40.8 Å². The van der Waals surface area contributed by atoms with Crippen molar-refractivity contribution in [3.8, 4) is 0 Å². The van der Waals surface area contributed by atoms with Crippen molar-refractivity contribution in [1.29, 1.82) is 0 Å². The van der Waals surface area contributed by atoms with E-state index in [4.69, 9.17) is 23.2 Å². The van der Waals surface area contributed by atoms with Crippen molar-refractivity contribution in [2.24, 2.45) is 0 Å². The van der Waals surface area contributed by atoms with Crippen molar-refractivity contribution in [3.05, 3.63) is 33.8 Å². The molecule has 0 saturated carbocycles. The summed E-state index contributed by atoms with van der Waals surface area (Å²) in [6.07, 6.45) is 0. The van der Waals surface area contributed by atoms with Gasteiger partial charge in [0.1, 0.15) is 0 Å². The van der Waals surface area contributed by atoms with Gasteiger partial charge >= 0.3 is 0 Å². The van der Waals surface area contributed by atoms with Crippen LogP contribution in [0.5, 0.6) is 0 Å². The van der Waals surface area contributed by atoms with Crippen molar-refractivity contribution < 1.29 is 4.79 Å². The minimum Gasteiger partial charge on any atom is -0.292 e. The molecule has 0 radical (unpaired) electrons. The van der Waals surface area contributed by atoms with Crippen LogP contribution in [0.4, 0.5) is 0 Å². The average molecular weight is 318 g/mol. The van der Waals surface area contributed by atoms with E-state index >= 15 is 0 Å². The molecule has 0 N–H and O–H groups in total. The first-order chi connectivity index (χ1) is 9.00. The standard InChI is InChI=1S/C14H17Cl2NOS/c1-9-8-19-6-5-17(9)10(2)14(18)12-4-3-11(15)7-13(12)16/h3-4,7,9-10H,5-6,8H2,1-2H3. The van der Waals surface area contributed by atoms with Crippen LogP contribution in [0.1, 0.15) is 24.2 Å². The second kappa shape index (κ2) is 6.49. The molecule has 2 unspecified atom stereocenters. The molecule has 0 aliphatic carbocycles. The summed E-state index contributed by atoms with van der Waals surface area (Å²) in [6.45, 7) is 5.07. The molecule has 2 rings (SSSR count). The Labute approximate surface area is 128 Å². The molecule has 1 aromatic carbocycles. The maximum absolute atomic E-state index is 12.5. The van der Waals surface area contributed by atoms with E-state index in [1.807, 2.05) is 18.7 Å². The summed E-state index contributed by atoms with van der Waals surface area (Å²) in [7, 11) is 0. The van der Waals surface area contributed by atoms with E-state index in [2.05, 4.69) is 11.8 Å². The Morgan fingerprint density at radius 2 is 2.21 bits per heavy atom. The van der Waals surface area contributed by atoms with Gasteiger partial charge < -0.3 is 0 Å². The van der Waals surface area contributed by atoms with Gasteiger partial charge in [-0.3, -0.25) is 9.69 Å². The molecule has 1 saturated heterocycles. The van der Waals surface area contributed by atoms with Gasteiger partial charge in [0.15, 0.2) is 5.78 Å². The maximum Gasteiger partial charge on any atom is 0.181 e. The van der Waals surface area contributed by atoms with Gasteiger partial charge in [0.25, 0.3) is 0 Å². The van der Waals surface area contributed by atoms with E-state index in [9.17, 15) is 4.79 Å². The Morgan fingerprint density at radius 1 is 1.47 bits per heavy atom. The molecule has 1 heterocycles. The molecule has 19 heavy (non-hydrogen) atoms. The molecule has 1 aliphatic rings. The summed E-state index contributed by atoms with van der Waals surface area (Å²) < 4.78 is 0. The third-order valence-corrected chi connectivity index (χ3v) is 5.23. The predicted molar refractivity (Wildman–Crippen MR) is 83.7 cm³/mol. The minimum absolute atomic E-state index is 0.0698. The van der Waals surface area contributed by atoms with Crippen molar-refractivity contribution in [3.63, 3.8) is 0 Å². The Kier molecular flexibility index (Phi) is 5.18. The molecule has 0 bridgehead atoms. The minimum atomic E-state index is -0.144. The first-order valence-corrected chi connectivity index (χ1v) is 8.24. The number of carbonyl (C=O) groups is 1. The molecule has 5 heteroatoms. The maximum atomic E-state index is 12.5. The number of halogens is 2. The first-order valence-electron chi connectivity index (χ1n) is 6.33. The molecule has 104 valence electrons. The lowest BCUT2D eigenvalue weighted by atomic mass is 10.0. The number of hydrogen-bond acceptors (Lipinski definition) is 3. The molecule has 1 aliphatic heterocycles. The van der Waals surface area contributed by atoms with Gasteiger partial charge in [-0.2, -0.15) is 11.8 Å². The number of ketones is 1. The fourth-order valence-corrected chi connectivity index (χ4v) is 3.92. The van der Waals surface area contributed by atoms with Crippen molar-refractivity contribution >= 4 is 40.7 Å². The van der Waals surface area contributed by atoms with Gasteiger partial charge in [-0.05, 0) is 32.0 Å². The number of carbonyl (C=O) groups excluding carboxylic acids is 1. The van der Waals surface area contributed by atoms with Gasteiger partial charge in [-0.1, -0.05) is 23.2 Å². The van der Waals surface area contributed by atoms with E-state index < -0.39 is 0 Å². The number of Topliss-reactive ketones (excluding diaryl/α,β-unsaturated/α-hetero) is 1. The highest BCUT2D eigenvalue weighted by atomic mass is 35.5. The van der Waals surface area contributed by atoms with Crippen molar-refractivity contribution in [1.82, 2.24) is 4.90 Å². The van der Waals surface area contributed by atoms with Gasteiger partial charge in [-0.25, -0.2) is 0 Å². The SMILES string of the molecule is CC1CSCCN1C(C)C(=O)c1ccc(Cl)cc1Cl. The van der Waals surface area contributed by atoms with E-state index in [1.54, 1.807) is 18.2 Å². The summed E-state index contributed by atoms with van der Waals surface area (Å²) in [5, 5.41) is 0.986. The summed E-state index contributed by atoms with van der Waals surface area (Å²) >= 11 is 13.9. The Hall–Kier alpha value is -0.220. The summed E-state index contributed by atoms with van der Waals surface area (Å²) in [5.41, 5.74) is 0.559. The summed E-state index contributed by atoms with van der Waals surface area (Å²) in [5.74, 6) is 2.22. The predicted octanol–water partition coefficient (Wildman–Crippen LogP) is 4.00. The highest BCUT2D eigenvalue weighted by Gasteiger charge is 2.29. The van der Waals surface area contributed by atoms with E-state index in [0.29, 0.717) is 21.7 Å². The molecule has 0 amide bonds. The summed E-state index contributed by atoms with van der Waals surface area (Å²) in [6, 6.07) is 5.33. The lowest BCUT2D eigenvalue weighted by molar-refractivity contribution is 0.0799. The Balaban J connectivity index is 2.18. The van der Waals surface area contributed by atoms with Gasteiger partial charge in [0.2, 0.25) is 0 Å². The van der Waals surface area contributed by atoms with Crippen LogP contribution in [0.3, 0.4) is 0 Å². The van der Waals surface area contributed by atoms with Crippen LogP contribution in [0, 0.1) is 0 Å². The van der Waals surface area contributed by atoms with E-state index in [0.717, 1.165) is 18.1 Å². The summed E-state index contributed by atoms with van der Waals surface area (Å²) in [4.78, 5) is 14.8. The molecule has 2 atom stereocenters. The van der Waals surface area contributed by atoms with Crippen LogP contribution < -0.4 is 0 Å². The van der Waals surface area contributed by atoms with Crippen molar-refractivity contribution in [2.75, 3.05) is 18.1 Å². The Bertz CT molecular complexity index is 481. The molecule has 0 spiro atoms. The highest BCUT2D eigenvalue weighted by Crippen LogP contribution is 2.25. The van der Waals surface area contributed by atoms with Crippen LogP contribution in [0.25, 0.3) is 0 Å². The third kappa shape index (κ3) is 3.46. The zero-order chi connectivity index (χ0) is 14.0. The molecule has 0 aromatic heterocycles. The normalized spacial score (nSPS) is 22.2. The third-order valence-electron chi connectivity index (χ3n) is 3.49. The highest BCUT2D eigenvalue weighted by molar-refractivity contribution is 7.99. The average Bonchev–Trinajstić information content (AvgIpc) is 2.38. The van der Waals surface area contributed by atoms with E-state index in [1.165, 1.54) is 0 Å². The van der Waals surface area contributed by atoms with Crippen molar-refractivity contribution in [2.45, 2.75) is 25.9 Å². The van der Waals surface area contributed by atoms with E-state index in [-0.39, 0.29) is 11.8 Å². The smallest absolute Gasteiger partial charge is 0.181 e. The zero-order valence-electron chi connectivity index (χ0n) is 11.0. The lowest BCUT2D eigenvalue weighted by Crippen LogP contribution is -2.49. The lowest BCUT2D eigenvalue weighted by Gasteiger charge is -2.37. The topological polar surface area (TPSA) is 20.3 Å². The van der Waals surface area contributed by atoms with Crippen LogP contribution in [-0.2, 0) is 0 Å². The Morgan fingerprint density at radius 3 is 2.84 bits per heavy atom.